The Morgan fingerprint density at radius 2 is 1.64 bits per heavy atom. The molecule has 0 saturated heterocycles. The van der Waals surface area contributed by atoms with E-state index in [2.05, 4.69) is 0 Å². The van der Waals surface area contributed by atoms with Gasteiger partial charge in [-0.2, -0.15) is 0 Å². The van der Waals surface area contributed by atoms with Crippen molar-refractivity contribution in [1.29, 1.82) is 0 Å². The van der Waals surface area contributed by atoms with Crippen molar-refractivity contribution in [3.8, 4) is 11.5 Å². The number of hydrogen-bond donors (Lipinski definition) is 0. The molecule has 0 aromatic heterocycles. The Balaban J connectivity index is 1.96. The van der Waals surface area contributed by atoms with Crippen LogP contribution in [0.3, 0.4) is 0 Å². The third-order valence-corrected chi connectivity index (χ3v) is 2.79. The second kappa shape index (κ2) is 7.03. The van der Waals surface area contributed by atoms with Crippen molar-refractivity contribution >= 4 is 17.7 Å². The first-order valence-corrected chi connectivity index (χ1v) is 6.37. The molecule has 0 radical (unpaired) electrons. The molecule has 0 N–H and O–H groups in total. The largest absolute Gasteiger partial charge is 0.497 e. The summed E-state index contributed by atoms with van der Waals surface area (Å²) < 4.78 is 10.1. The number of carbonyl (C=O) groups is 1. The summed E-state index contributed by atoms with van der Waals surface area (Å²) in [6, 6.07) is 12.5. The summed E-state index contributed by atoms with van der Waals surface area (Å²) in [7, 11) is 1.58. The van der Waals surface area contributed by atoms with Crippen LogP contribution in [0.2, 0.25) is 0 Å². The fourth-order valence-corrected chi connectivity index (χ4v) is 1.67. The van der Waals surface area contributed by atoms with Crippen LogP contribution in [0, 0.1) is 10.1 Å². The summed E-state index contributed by atoms with van der Waals surface area (Å²) in [5.41, 5.74) is 0.759. The number of hydrogen-bond acceptors (Lipinski definition) is 5. The Kier molecular flexibility index (Phi) is 4.87. The Hall–Kier alpha value is -3.15. The monoisotopic (exact) mass is 299 g/mol. The van der Waals surface area contributed by atoms with E-state index in [0.29, 0.717) is 0 Å². The molecule has 0 aliphatic rings. The molecule has 112 valence electrons. The van der Waals surface area contributed by atoms with E-state index in [1.807, 2.05) is 0 Å². The molecule has 0 amide bonds. The van der Waals surface area contributed by atoms with E-state index in [-0.39, 0.29) is 11.4 Å². The average molecular weight is 299 g/mol. The van der Waals surface area contributed by atoms with Gasteiger partial charge in [-0.1, -0.05) is 12.1 Å². The van der Waals surface area contributed by atoms with E-state index in [0.717, 1.165) is 11.3 Å². The summed E-state index contributed by atoms with van der Waals surface area (Å²) in [5.74, 6) is 0.408. The highest BCUT2D eigenvalue weighted by Crippen LogP contribution is 2.18. The quantitative estimate of drug-likeness (QED) is 0.278. The Labute approximate surface area is 126 Å². The number of nitrogens with zero attached hydrogens (tertiary/aromatic N) is 1. The van der Waals surface area contributed by atoms with Crippen LogP contribution < -0.4 is 9.47 Å². The van der Waals surface area contributed by atoms with E-state index in [9.17, 15) is 14.9 Å². The minimum atomic E-state index is -0.565. The predicted octanol–water partition coefficient (Wildman–Crippen LogP) is 3.22. The van der Waals surface area contributed by atoms with Gasteiger partial charge in [0.05, 0.1) is 12.0 Å². The van der Waals surface area contributed by atoms with Crippen molar-refractivity contribution in [2.45, 2.75) is 0 Å². The number of ether oxygens (including phenoxy) is 2. The molecular weight excluding hydrogens is 286 g/mol. The Bertz CT molecular complexity index is 689. The van der Waals surface area contributed by atoms with Gasteiger partial charge in [0, 0.05) is 18.2 Å². The van der Waals surface area contributed by atoms with Gasteiger partial charge in [0.15, 0.2) is 0 Å². The lowest BCUT2D eigenvalue weighted by molar-refractivity contribution is -0.384. The number of methoxy groups -OCH3 is 1. The molecule has 6 nitrogen and oxygen atoms in total. The highest BCUT2D eigenvalue weighted by Gasteiger charge is 2.06. The van der Waals surface area contributed by atoms with Gasteiger partial charge < -0.3 is 9.47 Å². The molecular formula is C16H13NO5. The third kappa shape index (κ3) is 4.17. The van der Waals surface area contributed by atoms with Crippen molar-refractivity contribution in [3.05, 3.63) is 70.3 Å². The van der Waals surface area contributed by atoms with Crippen molar-refractivity contribution in [2.24, 2.45) is 0 Å². The highest BCUT2D eigenvalue weighted by molar-refractivity contribution is 5.88. The Morgan fingerprint density at radius 3 is 2.18 bits per heavy atom. The summed E-state index contributed by atoms with van der Waals surface area (Å²) >= 11 is 0. The van der Waals surface area contributed by atoms with Gasteiger partial charge in [0.1, 0.15) is 11.5 Å². The number of benzene rings is 2. The second-order valence-corrected chi connectivity index (χ2v) is 4.28. The van der Waals surface area contributed by atoms with E-state index >= 15 is 0 Å². The number of non-ortho nitro benzene ring substituents is 1. The number of esters is 1. The van der Waals surface area contributed by atoms with E-state index in [1.165, 1.54) is 30.3 Å². The molecule has 2 aromatic rings. The van der Waals surface area contributed by atoms with Crippen molar-refractivity contribution in [3.63, 3.8) is 0 Å². The zero-order valence-electron chi connectivity index (χ0n) is 11.8. The van der Waals surface area contributed by atoms with Crippen molar-refractivity contribution in [2.75, 3.05) is 7.11 Å². The van der Waals surface area contributed by atoms with Crippen molar-refractivity contribution < 1.29 is 19.2 Å². The second-order valence-electron chi connectivity index (χ2n) is 4.28. The number of nitro benzene ring substituents is 1. The lowest BCUT2D eigenvalue weighted by Crippen LogP contribution is -2.03. The van der Waals surface area contributed by atoms with Crippen LogP contribution in [0.25, 0.3) is 6.08 Å². The van der Waals surface area contributed by atoms with Crippen LogP contribution in [0.5, 0.6) is 11.5 Å². The van der Waals surface area contributed by atoms with E-state index in [4.69, 9.17) is 9.47 Å². The first-order chi connectivity index (χ1) is 10.6. The molecule has 0 atom stereocenters. The molecule has 22 heavy (non-hydrogen) atoms. The molecule has 0 aliphatic heterocycles. The summed E-state index contributed by atoms with van der Waals surface area (Å²) in [5, 5.41) is 10.5. The molecule has 0 spiro atoms. The van der Waals surface area contributed by atoms with E-state index < -0.39 is 10.9 Å². The maximum Gasteiger partial charge on any atom is 0.336 e. The van der Waals surface area contributed by atoms with Gasteiger partial charge >= 0.3 is 5.97 Å². The molecule has 0 fully saturated rings. The number of carbonyl (C=O) groups excluding carboxylic acids is 1. The fourth-order valence-electron chi connectivity index (χ4n) is 1.67. The molecule has 0 unspecified atom stereocenters. The summed E-state index contributed by atoms with van der Waals surface area (Å²) in [6.45, 7) is 0. The Morgan fingerprint density at radius 1 is 1.05 bits per heavy atom. The third-order valence-electron chi connectivity index (χ3n) is 2.79. The maximum atomic E-state index is 11.7. The van der Waals surface area contributed by atoms with Gasteiger partial charge in [-0.25, -0.2) is 4.79 Å². The van der Waals surface area contributed by atoms with Gasteiger partial charge in [-0.15, -0.1) is 0 Å². The summed E-state index contributed by atoms with van der Waals surface area (Å²) in [6.07, 6.45) is 2.89. The van der Waals surface area contributed by atoms with Crippen LogP contribution >= 0.6 is 0 Å². The smallest absolute Gasteiger partial charge is 0.336 e. The molecule has 0 aliphatic carbocycles. The van der Waals surface area contributed by atoms with Crippen LogP contribution in [0.4, 0.5) is 5.69 Å². The lowest BCUT2D eigenvalue weighted by Gasteiger charge is -2.01. The first kappa shape index (κ1) is 15.2. The zero-order valence-corrected chi connectivity index (χ0v) is 11.8. The number of nitro groups is 1. The van der Waals surface area contributed by atoms with Crippen LogP contribution in [-0.2, 0) is 4.79 Å². The van der Waals surface area contributed by atoms with Crippen molar-refractivity contribution in [1.82, 2.24) is 0 Å². The highest BCUT2D eigenvalue weighted by atomic mass is 16.6. The standard InChI is InChI=1S/C16H13NO5/c1-21-14-7-2-12(3-8-14)4-11-16(18)22-15-9-5-13(6-10-15)17(19)20/h2-11H,1H3. The van der Waals surface area contributed by atoms with Gasteiger partial charge in [-0.05, 0) is 35.9 Å². The maximum absolute atomic E-state index is 11.7. The normalized spacial score (nSPS) is 10.4. The molecule has 2 rings (SSSR count). The molecule has 2 aromatic carbocycles. The van der Waals surface area contributed by atoms with Crippen LogP contribution in [0.1, 0.15) is 5.56 Å². The van der Waals surface area contributed by atoms with Gasteiger partial charge in [0.25, 0.3) is 5.69 Å². The lowest BCUT2D eigenvalue weighted by atomic mass is 10.2. The number of rotatable bonds is 5. The first-order valence-electron chi connectivity index (χ1n) is 6.37. The molecule has 0 saturated carbocycles. The van der Waals surface area contributed by atoms with E-state index in [1.54, 1.807) is 37.5 Å². The van der Waals surface area contributed by atoms with Gasteiger partial charge in [0.2, 0.25) is 0 Å². The fraction of sp³-hybridized carbons (Fsp3) is 0.0625. The summed E-state index contributed by atoms with van der Waals surface area (Å²) in [4.78, 5) is 21.7. The molecule has 6 heteroatoms. The minimum absolute atomic E-state index is 0.0615. The topological polar surface area (TPSA) is 78.7 Å². The average Bonchev–Trinajstić information content (AvgIpc) is 2.54. The SMILES string of the molecule is COc1ccc(C=CC(=O)Oc2ccc([N+](=O)[O-])cc2)cc1. The zero-order chi connectivity index (χ0) is 15.9. The minimum Gasteiger partial charge on any atom is -0.497 e. The predicted molar refractivity (Wildman–Crippen MR) is 80.8 cm³/mol. The van der Waals surface area contributed by atoms with Crippen LogP contribution in [-0.4, -0.2) is 18.0 Å². The molecule has 0 heterocycles. The molecule has 0 bridgehead atoms. The van der Waals surface area contributed by atoms with Gasteiger partial charge in [-0.3, -0.25) is 10.1 Å². The van der Waals surface area contributed by atoms with Crippen LogP contribution in [0.15, 0.2) is 54.6 Å².